The summed E-state index contributed by atoms with van der Waals surface area (Å²) in [5.41, 5.74) is 1.86. The van der Waals surface area contributed by atoms with Gasteiger partial charge in [-0.2, -0.15) is 0 Å². The van der Waals surface area contributed by atoms with Crippen molar-refractivity contribution in [1.29, 1.82) is 0 Å². The fourth-order valence-electron chi connectivity index (χ4n) is 3.09. The monoisotopic (exact) mass is 423 g/mol. The van der Waals surface area contributed by atoms with Crippen LogP contribution in [0.2, 0.25) is 0 Å². The Bertz CT molecular complexity index is 1380. The van der Waals surface area contributed by atoms with Crippen molar-refractivity contribution in [2.75, 3.05) is 5.32 Å². The van der Waals surface area contributed by atoms with Crippen LogP contribution in [0.15, 0.2) is 60.0 Å². The van der Waals surface area contributed by atoms with Gasteiger partial charge in [0.2, 0.25) is 0 Å². The number of pyridine rings is 1. The lowest BCUT2D eigenvalue weighted by molar-refractivity contribution is 0.102. The predicted molar refractivity (Wildman–Crippen MR) is 113 cm³/mol. The highest BCUT2D eigenvalue weighted by Crippen LogP contribution is 2.31. The third kappa shape index (κ3) is 3.26. The Morgan fingerprint density at radius 2 is 1.86 bits per heavy atom. The van der Waals surface area contributed by atoms with E-state index in [0.29, 0.717) is 26.9 Å². The Kier molecular flexibility index (Phi) is 4.30. The molecule has 5 aromatic rings. The topological polar surface area (TPSA) is 54.9 Å². The zero-order valence-corrected chi connectivity index (χ0v) is 16.3. The Morgan fingerprint density at radius 3 is 2.69 bits per heavy atom. The summed E-state index contributed by atoms with van der Waals surface area (Å²) in [6.45, 7) is 0. The molecule has 0 saturated heterocycles. The summed E-state index contributed by atoms with van der Waals surface area (Å²) in [5, 5.41) is 5.56. The lowest BCUT2D eigenvalue weighted by Gasteiger charge is -2.08. The molecule has 0 aliphatic heterocycles. The largest absolute Gasteiger partial charge is 0.298 e. The second-order valence-electron chi connectivity index (χ2n) is 6.26. The number of thiophene rings is 1. The molecule has 3 heterocycles. The molecule has 1 N–H and O–H groups in total. The van der Waals surface area contributed by atoms with Crippen molar-refractivity contribution in [2.24, 2.45) is 0 Å². The van der Waals surface area contributed by atoms with Gasteiger partial charge in [-0.25, -0.2) is 18.7 Å². The van der Waals surface area contributed by atoms with Gasteiger partial charge in [0.25, 0.3) is 5.91 Å². The number of thiazole rings is 1. The molecule has 0 unspecified atom stereocenters. The summed E-state index contributed by atoms with van der Waals surface area (Å²) in [7, 11) is 0. The molecule has 0 bridgehead atoms. The molecular weight excluding hydrogens is 412 g/mol. The van der Waals surface area contributed by atoms with Crippen LogP contribution in [-0.2, 0) is 0 Å². The van der Waals surface area contributed by atoms with Gasteiger partial charge >= 0.3 is 0 Å². The van der Waals surface area contributed by atoms with Crippen LogP contribution in [0.25, 0.3) is 31.7 Å². The van der Waals surface area contributed by atoms with Crippen LogP contribution in [0, 0.1) is 11.6 Å². The maximum absolute atomic E-state index is 13.9. The summed E-state index contributed by atoms with van der Waals surface area (Å²) >= 11 is 2.55. The predicted octanol–water partition coefficient (Wildman–Crippen LogP) is 6.10. The van der Waals surface area contributed by atoms with Crippen molar-refractivity contribution in [3.05, 3.63) is 77.2 Å². The smallest absolute Gasteiger partial charge is 0.258 e. The number of halogens is 2. The minimum Gasteiger partial charge on any atom is -0.298 e. The fraction of sp³-hybridized carbons (Fsp3) is 0. The highest BCUT2D eigenvalue weighted by molar-refractivity contribution is 7.22. The van der Waals surface area contributed by atoms with Gasteiger partial charge in [-0.3, -0.25) is 10.1 Å². The van der Waals surface area contributed by atoms with Crippen molar-refractivity contribution in [2.45, 2.75) is 0 Å². The van der Waals surface area contributed by atoms with Crippen LogP contribution >= 0.6 is 22.7 Å². The molecule has 4 nitrogen and oxygen atoms in total. The molecule has 142 valence electrons. The number of hydrogen-bond donors (Lipinski definition) is 1. The van der Waals surface area contributed by atoms with Crippen LogP contribution in [-0.4, -0.2) is 15.9 Å². The zero-order valence-electron chi connectivity index (χ0n) is 14.6. The molecule has 0 fully saturated rings. The summed E-state index contributed by atoms with van der Waals surface area (Å²) in [6, 6.07) is 14.9. The first kappa shape index (κ1) is 17.8. The van der Waals surface area contributed by atoms with Gasteiger partial charge in [0.05, 0.1) is 26.4 Å². The molecule has 8 heteroatoms. The van der Waals surface area contributed by atoms with Crippen LogP contribution in [0.1, 0.15) is 10.4 Å². The van der Waals surface area contributed by atoms with Gasteiger partial charge < -0.3 is 0 Å². The number of carbonyl (C=O) groups excluding carboxylic acids is 1. The minimum absolute atomic E-state index is 0.0329. The molecule has 0 radical (unpaired) electrons. The number of anilines is 1. The van der Waals surface area contributed by atoms with E-state index in [1.807, 2.05) is 41.8 Å². The lowest BCUT2D eigenvalue weighted by atomic mass is 10.1. The average Bonchev–Trinajstić information content (AvgIpc) is 3.37. The SMILES string of the molecule is O=C(Nc1nc2c(F)cc(F)cc2s1)c1cc(-c2cccs2)nc2ccccc12. The van der Waals surface area contributed by atoms with Crippen molar-refractivity contribution < 1.29 is 13.6 Å². The Balaban J connectivity index is 1.58. The number of fused-ring (bicyclic) bond motifs is 2. The molecule has 0 aliphatic carbocycles. The standard InChI is InChI=1S/C21H11F2N3OS2/c22-11-8-14(23)19-18(9-11)29-21(25-19)26-20(27)13-10-16(17-6-3-7-28-17)24-15-5-2-1-4-12(13)15/h1-10H,(H,25,26,27). The number of nitrogens with zero attached hydrogens (tertiary/aromatic N) is 2. The first-order valence-electron chi connectivity index (χ1n) is 8.59. The summed E-state index contributed by atoms with van der Waals surface area (Å²) in [5.74, 6) is -1.83. The number of carbonyl (C=O) groups is 1. The first-order chi connectivity index (χ1) is 14.1. The van der Waals surface area contributed by atoms with Crippen LogP contribution in [0.4, 0.5) is 13.9 Å². The van der Waals surface area contributed by atoms with Crippen molar-refractivity contribution in [1.82, 2.24) is 9.97 Å². The van der Waals surface area contributed by atoms with Gasteiger partial charge in [0.15, 0.2) is 10.9 Å². The lowest BCUT2D eigenvalue weighted by Crippen LogP contribution is -2.12. The number of para-hydroxylation sites is 1. The Hall–Kier alpha value is -3.23. The van der Waals surface area contributed by atoms with Gasteiger partial charge in [0.1, 0.15) is 11.3 Å². The number of hydrogen-bond acceptors (Lipinski definition) is 5. The van der Waals surface area contributed by atoms with E-state index in [4.69, 9.17) is 0 Å². The molecule has 2 aromatic carbocycles. The van der Waals surface area contributed by atoms with Crippen molar-refractivity contribution >= 4 is 54.8 Å². The second-order valence-corrected chi connectivity index (χ2v) is 8.24. The molecule has 29 heavy (non-hydrogen) atoms. The first-order valence-corrected chi connectivity index (χ1v) is 10.3. The van der Waals surface area contributed by atoms with Gasteiger partial charge in [-0.05, 0) is 29.6 Å². The van der Waals surface area contributed by atoms with E-state index >= 15 is 0 Å². The fourth-order valence-corrected chi connectivity index (χ4v) is 4.68. The maximum Gasteiger partial charge on any atom is 0.258 e. The summed E-state index contributed by atoms with van der Waals surface area (Å²) in [6.07, 6.45) is 0. The van der Waals surface area contributed by atoms with E-state index in [0.717, 1.165) is 22.3 Å². The number of nitrogens with one attached hydrogen (secondary N) is 1. The van der Waals surface area contributed by atoms with E-state index in [9.17, 15) is 13.6 Å². The molecular formula is C21H11F2N3OS2. The Morgan fingerprint density at radius 1 is 1.00 bits per heavy atom. The molecule has 3 aromatic heterocycles. The molecule has 0 atom stereocenters. The van der Waals surface area contributed by atoms with E-state index in [-0.39, 0.29) is 16.6 Å². The molecule has 0 aliphatic rings. The molecule has 5 rings (SSSR count). The van der Waals surface area contributed by atoms with Crippen LogP contribution in [0.3, 0.4) is 0 Å². The average molecular weight is 423 g/mol. The van der Waals surface area contributed by atoms with E-state index in [1.54, 1.807) is 6.07 Å². The molecule has 0 spiro atoms. The summed E-state index contributed by atoms with van der Waals surface area (Å²) in [4.78, 5) is 22.7. The Labute approximate surface area is 171 Å². The van der Waals surface area contributed by atoms with Gasteiger partial charge in [-0.1, -0.05) is 35.6 Å². The maximum atomic E-state index is 13.9. The third-order valence-corrected chi connectivity index (χ3v) is 6.18. The normalized spacial score (nSPS) is 11.2. The van der Waals surface area contributed by atoms with E-state index in [2.05, 4.69) is 15.3 Å². The van der Waals surface area contributed by atoms with Crippen molar-refractivity contribution in [3.8, 4) is 10.6 Å². The highest BCUT2D eigenvalue weighted by atomic mass is 32.1. The number of rotatable bonds is 3. The molecule has 0 saturated carbocycles. The molecule has 1 amide bonds. The van der Waals surface area contributed by atoms with Crippen molar-refractivity contribution in [3.63, 3.8) is 0 Å². The van der Waals surface area contributed by atoms with Gasteiger partial charge in [-0.15, -0.1) is 11.3 Å². The quantitative estimate of drug-likeness (QED) is 0.381. The number of benzene rings is 2. The van der Waals surface area contributed by atoms with E-state index in [1.165, 1.54) is 17.4 Å². The zero-order chi connectivity index (χ0) is 20.0. The highest BCUT2D eigenvalue weighted by Gasteiger charge is 2.17. The number of aromatic nitrogens is 2. The third-order valence-electron chi connectivity index (χ3n) is 4.37. The van der Waals surface area contributed by atoms with Crippen LogP contribution in [0.5, 0.6) is 0 Å². The minimum atomic E-state index is -0.758. The van der Waals surface area contributed by atoms with E-state index < -0.39 is 11.6 Å². The summed E-state index contributed by atoms with van der Waals surface area (Å²) < 4.78 is 27.7. The second kappa shape index (κ2) is 6.98. The van der Waals surface area contributed by atoms with Gasteiger partial charge in [0, 0.05) is 11.5 Å². The number of amides is 1. The van der Waals surface area contributed by atoms with Crippen LogP contribution < -0.4 is 5.32 Å².